The zero-order valence-corrected chi connectivity index (χ0v) is 20.0. The van der Waals surface area contributed by atoms with E-state index in [4.69, 9.17) is 25.8 Å². The molecule has 1 aliphatic heterocycles. The highest BCUT2D eigenvalue weighted by Gasteiger charge is 2.46. The van der Waals surface area contributed by atoms with Crippen molar-refractivity contribution in [1.82, 2.24) is 9.80 Å². The van der Waals surface area contributed by atoms with E-state index in [1.807, 2.05) is 19.0 Å². The van der Waals surface area contributed by atoms with Crippen molar-refractivity contribution >= 4 is 29.1 Å². The van der Waals surface area contributed by atoms with Crippen LogP contribution in [0.1, 0.15) is 17.2 Å². The number of Topliss-reactive ketones (excluding diaryl/α,β-unsaturated/α-hetero) is 1. The van der Waals surface area contributed by atoms with Gasteiger partial charge in [-0.1, -0.05) is 11.6 Å². The van der Waals surface area contributed by atoms with Crippen molar-refractivity contribution in [3.8, 4) is 17.2 Å². The Morgan fingerprint density at radius 1 is 1.03 bits per heavy atom. The summed E-state index contributed by atoms with van der Waals surface area (Å²) in [5.74, 6) is -0.609. The van der Waals surface area contributed by atoms with E-state index >= 15 is 0 Å². The number of rotatable bonds is 8. The second kappa shape index (κ2) is 10.1. The molecule has 9 heteroatoms. The van der Waals surface area contributed by atoms with Crippen molar-refractivity contribution in [3.63, 3.8) is 0 Å². The minimum Gasteiger partial charge on any atom is -0.507 e. The molecule has 33 heavy (non-hydrogen) atoms. The number of hydrogen-bond acceptors (Lipinski definition) is 7. The van der Waals surface area contributed by atoms with Gasteiger partial charge in [0.1, 0.15) is 5.76 Å². The van der Waals surface area contributed by atoms with Crippen molar-refractivity contribution in [2.24, 2.45) is 0 Å². The van der Waals surface area contributed by atoms with Crippen molar-refractivity contribution in [2.75, 3.05) is 48.5 Å². The predicted octanol–water partition coefficient (Wildman–Crippen LogP) is 3.35. The topological polar surface area (TPSA) is 88.5 Å². The highest BCUT2D eigenvalue weighted by molar-refractivity contribution is 6.46. The van der Waals surface area contributed by atoms with Gasteiger partial charge in [-0.15, -0.1) is 0 Å². The molecule has 1 amide bonds. The Bertz CT molecular complexity index is 1060. The molecule has 1 aliphatic rings. The fourth-order valence-corrected chi connectivity index (χ4v) is 3.91. The maximum Gasteiger partial charge on any atom is 0.295 e. The van der Waals surface area contributed by atoms with Crippen molar-refractivity contribution in [1.29, 1.82) is 0 Å². The van der Waals surface area contributed by atoms with Crippen LogP contribution in [0.15, 0.2) is 42.0 Å². The summed E-state index contributed by atoms with van der Waals surface area (Å²) in [5, 5.41) is 11.6. The van der Waals surface area contributed by atoms with Gasteiger partial charge in [-0.25, -0.2) is 0 Å². The number of benzene rings is 2. The van der Waals surface area contributed by atoms with E-state index in [2.05, 4.69) is 0 Å². The van der Waals surface area contributed by atoms with E-state index in [-0.39, 0.29) is 17.9 Å². The Morgan fingerprint density at radius 2 is 1.61 bits per heavy atom. The molecule has 1 heterocycles. The van der Waals surface area contributed by atoms with Gasteiger partial charge in [0.2, 0.25) is 5.75 Å². The molecule has 2 aromatic rings. The number of aliphatic hydroxyl groups is 1. The fourth-order valence-electron chi connectivity index (χ4n) is 3.79. The van der Waals surface area contributed by atoms with Crippen LogP contribution in [0.2, 0.25) is 5.02 Å². The first-order valence-electron chi connectivity index (χ1n) is 10.2. The second-order valence-electron chi connectivity index (χ2n) is 7.76. The lowest BCUT2D eigenvalue weighted by atomic mass is 9.94. The standard InChI is InChI=1S/C24H27ClN2O6/c1-26(2)10-11-27-20(15-12-17(31-3)23(33-5)18(13-15)32-4)19(22(29)24(27)30)21(28)14-6-8-16(25)9-7-14/h6-9,12-13,20,28H,10-11H2,1-5H3/b21-19+/t20-/m0/s1. The SMILES string of the molecule is COc1cc([C@H]2/C(=C(\O)c3ccc(Cl)cc3)C(=O)C(=O)N2CCN(C)C)cc(OC)c1OC. The third-order valence-corrected chi connectivity index (χ3v) is 5.70. The molecule has 0 bridgehead atoms. The van der Waals surface area contributed by atoms with Gasteiger partial charge in [0.15, 0.2) is 11.5 Å². The van der Waals surface area contributed by atoms with Crippen LogP contribution in [0.5, 0.6) is 17.2 Å². The molecular weight excluding hydrogens is 448 g/mol. The van der Waals surface area contributed by atoms with Crippen LogP contribution in [-0.4, -0.2) is 75.1 Å². The zero-order valence-electron chi connectivity index (χ0n) is 19.2. The van der Waals surface area contributed by atoms with Gasteiger partial charge >= 0.3 is 0 Å². The second-order valence-corrected chi connectivity index (χ2v) is 8.20. The first-order valence-corrected chi connectivity index (χ1v) is 10.6. The Kier molecular flexibility index (Phi) is 7.50. The Balaban J connectivity index is 2.25. The minimum absolute atomic E-state index is 0.0182. The van der Waals surface area contributed by atoms with E-state index in [1.165, 1.54) is 26.2 Å². The largest absolute Gasteiger partial charge is 0.507 e. The van der Waals surface area contributed by atoms with Gasteiger partial charge in [0.25, 0.3) is 11.7 Å². The predicted molar refractivity (Wildman–Crippen MR) is 125 cm³/mol. The van der Waals surface area contributed by atoms with Crippen LogP contribution in [0, 0.1) is 0 Å². The maximum absolute atomic E-state index is 13.1. The summed E-state index contributed by atoms with van der Waals surface area (Å²) < 4.78 is 16.3. The van der Waals surface area contributed by atoms with E-state index in [0.29, 0.717) is 39.9 Å². The first-order chi connectivity index (χ1) is 15.7. The van der Waals surface area contributed by atoms with Gasteiger partial charge in [-0.3, -0.25) is 9.59 Å². The van der Waals surface area contributed by atoms with Crippen molar-refractivity contribution in [2.45, 2.75) is 6.04 Å². The smallest absolute Gasteiger partial charge is 0.295 e. The van der Waals surface area contributed by atoms with Crippen LogP contribution in [0.4, 0.5) is 0 Å². The number of likely N-dealkylation sites (N-methyl/N-ethyl adjacent to an activating group) is 1. The van der Waals surface area contributed by atoms with Crippen molar-refractivity contribution in [3.05, 3.63) is 58.1 Å². The molecule has 0 spiro atoms. The highest BCUT2D eigenvalue weighted by atomic mass is 35.5. The monoisotopic (exact) mass is 474 g/mol. The number of aliphatic hydroxyl groups excluding tert-OH is 1. The molecule has 1 saturated heterocycles. The summed E-state index contributed by atoms with van der Waals surface area (Å²) in [7, 11) is 8.21. The molecule has 8 nitrogen and oxygen atoms in total. The third kappa shape index (κ3) is 4.77. The lowest BCUT2D eigenvalue weighted by Crippen LogP contribution is -2.35. The molecule has 0 unspecified atom stereocenters. The zero-order chi connectivity index (χ0) is 24.3. The highest BCUT2D eigenvalue weighted by Crippen LogP contribution is 2.45. The minimum atomic E-state index is -0.852. The number of carbonyl (C=O) groups is 2. The number of halogens is 1. The Hall–Kier alpha value is -3.23. The van der Waals surface area contributed by atoms with Gasteiger partial charge in [-0.2, -0.15) is 0 Å². The fraction of sp³-hybridized carbons (Fsp3) is 0.333. The average Bonchev–Trinajstić information content (AvgIpc) is 3.06. The summed E-state index contributed by atoms with van der Waals surface area (Å²) in [6.07, 6.45) is 0. The van der Waals surface area contributed by atoms with Gasteiger partial charge in [-0.05, 0) is 56.1 Å². The van der Waals surface area contributed by atoms with E-state index in [0.717, 1.165) is 0 Å². The summed E-state index contributed by atoms with van der Waals surface area (Å²) in [5.41, 5.74) is 0.899. The summed E-state index contributed by atoms with van der Waals surface area (Å²) in [6.45, 7) is 0.797. The summed E-state index contributed by atoms with van der Waals surface area (Å²) in [4.78, 5) is 29.5. The van der Waals surface area contributed by atoms with Crippen LogP contribution < -0.4 is 14.2 Å². The van der Waals surface area contributed by atoms with Crippen LogP contribution in [-0.2, 0) is 9.59 Å². The van der Waals surface area contributed by atoms with Gasteiger partial charge in [0.05, 0.1) is 32.9 Å². The molecule has 3 rings (SSSR count). The number of carbonyl (C=O) groups excluding carboxylic acids is 2. The average molecular weight is 475 g/mol. The van der Waals surface area contributed by atoms with Gasteiger partial charge in [0, 0.05) is 23.7 Å². The van der Waals surface area contributed by atoms with E-state index in [9.17, 15) is 14.7 Å². The molecule has 2 aromatic carbocycles. The number of methoxy groups -OCH3 is 3. The number of ketones is 1. The normalized spacial score (nSPS) is 17.5. The molecule has 1 N–H and O–H groups in total. The molecule has 0 saturated carbocycles. The van der Waals surface area contributed by atoms with E-state index < -0.39 is 17.7 Å². The van der Waals surface area contributed by atoms with Crippen LogP contribution in [0.3, 0.4) is 0 Å². The number of nitrogens with zero attached hydrogens (tertiary/aromatic N) is 2. The van der Waals surface area contributed by atoms with Crippen molar-refractivity contribution < 1.29 is 28.9 Å². The van der Waals surface area contributed by atoms with Crippen LogP contribution in [0.25, 0.3) is 5.76 Å². The van der Waals surface area contributed by atoms with Crippen LogP contribution >= 0.6 is 11.6 Å². The maximum atomic E-state index is 13.1. The molecule has 1 fully saturated rings. The number of ether oxygens (including phenoxy) is 3. The van der Waals surface area contributed by atoms with Gasteiger partial charge < -0.3 is 29.1 Å². The molecular formula is C24H27ClN2O6. The quantitative estimate of drug-likeness (QED) is 0.356. The Labute approximate surface area is 197 Å². The lowest BCUT2D eigenvalue weighted by molar-refractivity contribution is -0.140. The Morgan fingerprint density at radius 3 is 2.09 bits per heavy atom. The summed E-state index contributed by atoms with van der Waals surface area (Å²) in [6, 6.07) is 8.90. The molecule has 0 aromatic heterocycles. The number of amides is 1. The first kappa shape index (κ1) is 24.4. The number of likely N-dealkylation sites (tertiary alicyclic amines) is 1. The molecule has 176 valence electrons. The number of hydrogen-bond donors (Lipinski definition) is 1. The third-order valence-electron chi connectivity index (χ3n) is 5.45. The molecule has 0 radical (unpaired) electrons. The lowest BCUT2D eigenvalue weighted by Gasteiger charge is -2.27. The van der Waals surface area contributed by atoms with E-state index in [1.54, 1.807) is 36.4 Å². The molecule has 1 atom stereocenters. The summed E-state index contributed by atoms with van der Waals surface area (Å²) >= 11 is 5.97. The molecule has 0 aliphatic carbocycles.